The second kappa shape index (κ2) is 7.62. The second-order valence-electron chi connectivity index (χ2n) is 8.65. The first kappa shape index (κ1) is 20.4. The van der Waals surface area contributed by atoms with Gasteiger partial charge < -0.3 is 9.38 Å². The fourth-order valence-electron chi connectivity index (χ4n) is 3.34. The molecule has 1 rings (SSSR count). The van der Waals surface area contributed by atoms with Gasteiger partial charge in [-0.05, 0) is 11.8 Å². The largest absolute Gasteiger partial charge is 0.336 e. The molecule has 3 nitrogen and oxygen atoms in total. The second-order valence-corrected chi connectivity index (χ2v) is 8.65. The van der Waals surface area contributed by atoms with Crippen molar-refractivity contribution in [1.29, 1.82) is 0 Å². The molecule has 3 heteroatoms. The van der Waals surface area contributed by atoms with Gasteiger partial charge in [0.1, 0.15) is 0 Å². The van der Waals surface area contributed by atoms with Crippen LogP contribution in [0.1, 0.15) is 61.3 Å². The lowest BCUT2D eigenvalue weighted by Gasteiger charge is -2.35. The van der Waals surface area contributed by atoms with Crippen molar-refractivity contribution >= 4 is 5.91 Å². The van der Waals surface area contributed by atoms with Gasteiger partial charge in [0.2, 0.25) is 5.91 Å². The van der Waals surface area contributed by atoms with E-state index < -0.39 is 0 Å². The van der Waals surface area contributed by atoms with Crippen molar-refractivity contribution in [2.45, 2.75) is 61.3 Å². The Hall–Kier alpha value is -0.570. The molecule has 0 atom stereocenters. The van der Waals surface area contributed by atoms with Crippen LogP contribution in [0, 0.1) is 10.8 Å². The van der Waals surface area contributed by atoms with Gasteiger partial charge in [0.05, 0.1) is 33.7 Å². The molecule has 1 aliphatic heterocycles. The van der Waals surface area contributed by atoms with Gasteiger partial charge in [-0.15, -0.1) is 0 Å². The summed E-state index contributed by atoms with van der Waals surface area (Å²) >= 11 is 0. The Kier molecular flexibility index (Phi) is 7.41. The van der Waals surface area contributed by atoms with E-state index in [1.165, 1.54) is 6.54 Å². The lowest BCUT2D eigenvalue weighted by molar-refractivity contribution is -0.888. The number of quaternary nitrogens is 1. The van der Waals surface area contributed by atoms with E-state index in [1.807, 2.05) is 13.8 Å². The molecule has 1 fully saturated rings. The molecule has 126 valence electrons. The molecule has 0 aromatic carbocycles. The standard InChI is InChI=1S/C16H33N2O.C2H6/c1-15(2,3)13-16(4,5)14(19)17-9-8-11-18(6,7)12-10-17;1-2/h8-13H2,1-7H3;1-2H3/q+1;. The predicted octanol–water partition coefficient (Wildman–Crippen LogP) is 3.78. The molecule has 0 spiro atoms. The summed E-state index contributed by atoms with van der Waals surface area (Å²) in [6.07, 6.45) is 2.05. The minimum absolute atomic E-state index is 0.195. The monoisotopic (exact) mass is 299 g/mol. The van der Waals surface area contributed by atoms with Crippen LogP contribution in [0.5, 0.6) is 0 Å². The highest BCUT2D eigenvalue weighted by Gasteiger charge is 2.37. The maximum absolute atomic E-state index is 12.8. The number of likely N-dealkylation sites (N-methyl/N-ethyl adjacent to an activating group) is 1. The van der Waals surface area contributed by atoms with E-state index in [4.69, 9.17) is 0 Å². The number of hydrogen-bond donors (Lipinski definition) is 0. The summed E-state index contributed by atoms with van der Waals surface area (Å²) in [6.45, 7) is 18.9. The van der Waals surface area contributed by atoms with E-state index in [1.54, 1.807) is 0 Å². The normalized spacial score (nSPS) is 19.4. The average molecular weight is 300 g/mol. The molecular weight excluding hydrogens is 260 g/mol. The summed E-state index contributed by atoms with van der Waals surface area (Å²) in [5.74, 6) is 0.337. The number of nitrogens with zero attached hydrogens (tertiary/aromatic N) is 2. The van der Waals surface area contributed by atoms with Gasteiger partial charge >= 0.3 is 0 Å². The van der Waals surface area contributed by atoms with Gasteiger partial charge in [-0.1, -0.05) is 48.5 Å². The minimum atomic E-state index is -0.250. The molecule has 1 amide bonds. The van der Waals surface area contributed by atoms with E-state index in [2.05, 4.69) is 53.6 Å². The van der Waals surface area contributed by atoms with Crippen molar-refractivity contribution in [1.82, 2.24) is 4.90 Å². The van der Waals surface area contributed by atoms with Crippen LogP contribution in [0.25, 0.3) is 0 Å². The molecule has 1 saturated heterocycles. The van der Waals surface area contributed by atoms with Crippen LogP contribution in [0.4, 0.5) is 0 Å². The first-order chi connectivity index (χ1) is 9.43. The minimum Gasteiger partial charge on any atom is -0.336 e. The van der Waals surface area contributed by atoms with E-state index in [0.717, 1.165) is 37.0 Å². The highest BCUT2D eigenvalue weighted by molar-refractivity contribution is 5.82. The first-order valence-electron chi connectivity index (χ1n) is 8.54. The molecule has 21 heavy (non-hydrogen) atoms. The van der Waals surface area contributed by atoms with Gasteiger partial charge in [0.25, 0.3) is 0 Å². The number of hydrogen-bond acceptors (Lipinski definition) is 1. The molecule has 0 N–H and O–H groups in total. The molecule has 1 heterocycles. The summed E-state index contributed by atoms with van der Waals surface area (Å²) in [4.78, 5) is 14.9. The van der Waals surface area contributed by atoms with E-state index in [0.29, 0.717) is 5.91 Å². The first-order valence-corrected chi connectivity index (χ1v) is 8.54. The zero-order chi connectivity index (χ0) is 16.9. The topological polar surface area (TPSA) is 20.3 Å². The van der Waals surface area contributed by atoms with Crippen molar-refractivity contribution in [2.24, 2.45) is 10.8 Å². The van der Waals surface area contributed by atoms with Crippen LogP contribution < -0.4 is 0 Å². The maximum Gasteiger partial charge on any atom is 0.228 e. The van der Waals surface area contributed by atoms with Gasteiger partial charge in [-0.2, -0.15) is 0 Å². The van der Waals surface area contributed by atoms with Crippen LogP contribution in [0.3, 0.4) is 0 Å². The summed E-state index contributed by atoms with van der Waals surface area (Å²) < 4.78 is 1.03. The van der Waals surface area contributed by atoms with Crippen LogP contribution >= 0.6 is 0 Å². The fourth-order valence-corrected chi connectivity index (χ4v) is 3.34. The maximum atomic E-state index is 12.8. The van der Waals surface area contributed by atoms with Crippen molar-refractivity contribution in [2.75, 3.05) is 40.3 Å². The summed E-state index contributed by atoms with van der Waals surface area (Å²) in [5.41, 5.74) is -0.0555. The van der Waals surface area contributed by atoms with Crippen molar-refractivity contribution in [3.8, 4) is 0 Å². The molecule has 0 unspecified atom stereocenters. The Bertz CT molecular complexity index is 327. The predicted molar refractivity (Wildman–Crippen MR) is 92.2 cm³/mol. The summed E-state index contributed by atoms with van der Waals surface area (Å²) in [7, 11) is 4.52. The molecule has 0 aliphatic carbocycles. The van der Waals surface area contributed by atoms with Gasteiger partial charge in [0.15, 0.2) is 0 Å². The van der Waals surface area contributed by atoms with Gasteiger partial charge in [0, 0.05) is 18.4 Å². The van der Waals surface area contributed by atoms with Crippen LogP contribution in [-0.4, -0.2) is 55.6 Å². The Balaban J connectivity index is 0.00000191. The Morgan fingerprint density at radius 2 is 1.52 bits per heavy atom. The number of amides is 1. The molecule has 0 aromatic rings. The molecule has 0 aromatic heterocycles. The van der Waals surface area contributed by atoms with Crippen LogP contribution in [0.2, 0.25) is 0 Å². The highest BCUT2D eigenvalue weighted by Crippen LogP contribution is 2.34. The van der Waals surface area contributed by atoms with Gasteiger partial charge in [-0.25, -0.2) is 0 Å². The van der Waals surface area contributed by atoms with Crippen LogP contribution in [0.15, 0.2) is 0 Å². The van der Waals surface area contributed by atoms with Crippen molar-refractivity contribution in [3.05, 3.63) is 0 Å². The highest BCUT2D eigenvalue weighted by atomic mass is 16.2. The number of carbonyl (C=O) groups excluding carboxylic acids is 1. The molecule has 1 aliphatic rings. The van der Waals surface area contributed by atoms with Crippen LogP contribution in [-0.2, 0) is 4.79 Å². The number of carbonyl (C=O) groups is 1. The fraction of sp³-hybridized carbons (Fsp3) is 0.944. The molecule has 0 radical (unpaired) electrons. The molecular formula is C18H39N2O+. The van der Waals surface area contributed by atoms with E-state index >= 15 is 0 Å². The van der Waals surface area contributed by atoms with E-state index in [-0.39, 0.29) is 10.8 Å². The lowest BCUT2D eigenvalue weighted by Crippen LogP contribution is -2.46. The van der Waals surface area contributed by atoms with Crippen molar-refractivity contribution in [3.63, 3.8) is 0 Å². The SMILES string of the molecule is CC.CC(C)(C)CC(C)(C)C(=O)N1CCC[N+](C)(C)CC1. The zero-order valence-electron chi connectivity index (χ0n) is 16.0. The number of rotatable bonds is 2. The Labute approximate surface area is 133 Å². The third-order valence-electron chi connectivity index (χ3n) is 4.01. The summed E-state index contributed by atoms with van der Waals surface area (Å²) in [5, 5.41) is 0. The average Bonchev–Trinajstić information content (AvgIpc) is 2.49. The zero-order valence-corrected chi connectivity index (χ0v) is 16.0. The third-order valence-corrected chi connectivity index (χ3v) is 4.01. The summed E-state index contributed by atoms with van der Waals surface area (Å²) in [6, 6.07) is 0. The smallest absolute Gasteiger partial charge is 0.228 e. The van der Waals surface area contributed by atoms with Crippen molar-refractivity contribution < 1.29 is 9.28 Å². The Morgan fingerprint density at radius 3 is 2.00 bits per heavy atom. The Morgan fingerprint density at radius 1 is 1.00 bits per heavy atom. The third kappa shape index (κ3) is 7.30. The van der Waals surface area contributed by atoms with Gasteiger partial charge in [-0.3, -0.25) is 4.79 Å². The molecule has 0 saturated carbocycles. The quantitative estimate of drug-likeness (QED) is 0.711. The molecule has 0 bridgehead atoms. The lowest BCUT2D eigenvalue weighted by atomic mass is 9.75. The van der Waals surface area contributed by atoms with E-state index in [9.17, 15) is 4.79 Å².